The first kappa shape index (κ1) is 11.7. The molecule has 15 heavy (non-hydrogen) atoms. The maximum atomic E-state index is 10.9. The summed E-state index contributed by atoms with van der Waals surface area (Å²) >= 11 is 1.64. The normalized spacial score (nSPS) is 11.3. The van der Waals surface area contributed by atoms with Crippen molar-refractivity contribution in [3.05, 3.63) is 21.9 Å². The van der Waals surface area contributed by atoms with E-state index in [1.807, 2.05) is 26.0 Å². The van der Waals surface area contributed by atoms with Gasteiger partial charge in [0.25, 0.3) is 0 Å². The van der Waals surface area contributed by atoms with Crippen LogP contribution < -0.4 is 5.43 Å². The second-order valence-electron chi connectivity index (χ2n) is 2.94. The minimum atomic E-state index is -0.523. The van der Waals surface area contributed by atoms with E-state index in [0.717, 1.165) is 10.6 Å². The summed E-state index contributed by atoms with van der Waals surface area (Å²) in [5.74, 6) is 0. The Balaban J connectivity index is 2.56. The molecular formula is C10H14N2O2S. The molecule has 0 atom stereocenters. The zero-order valence-electron chi connectivity index (χ0n) is 9.03. The van der Waals surface area contributed by atoms with Gasteiger partial charge in [0.15, 0.2) is 0 Å². The summed E-state index contributed by atoms with van der Waals surface area (Å²) in [6, 6.07) is 4.00. The SMILES string of the molecule is CCOC(=O)NN=C(C)c1ccc(C)s1. The maximum Gasteiger partial charge on any atom is 0.427 e. The summed E-state index contributed by atoms with van der Waals surface area (Å²) < 4.78 is 4.68. The van der Waals surface area contributed by atoms with Crippen LogP contribution in [0.5, 0.6) is 0 Å². The van der Waals surface area contributed by atoms with Crippen molar-refractivity contribution in [1.29, 1.82) is 0 Å². The van der Waals surface area contributed by atoms with E-state index in [4.69, 9.17) is 0 Å². The molecule has 0 unspecified atom stereocenters. The fourth-order valence-corrected chi connectivity index (χ4v) is 1.79. The van der Waals surface area contributed by atoms with E-state index in [9.17, 15) is 4.79 Å². The number of amides is 1. The number of rotatable bonds is 3. The minimum Gasteiger partial charge on any atom is -0.449 e. The molecule has 4 nitrogen and oxygen atoms in total. The van der Waals surface area contributed by atoms with Crippen molar-refractivity contribution < 1.29 is 9.53 Å². The van der Waals surface area contributed by atoms with Crippen molar-refractivity contribution >= 4 is 23.1 Å². The Labute approximate surface area is 93.0 Å². The number of nitrogens with one attached hydrogen (secondary N) is 1. The van der Waals surface area contributed by atoms with Crippen molar-refractivity contribution in [3.63, 3.8) is 0 Å². The Morgan fingerprint density at radius 2 is 2.33 bits per heavy atom. The molecule has 0 bridgehead atoms. The predicted octanol–water partition coefficient (Wildman–Crippen LogP) is 2.53. The standard InChI is InChI=1S/C10H14N2O2S/c1-4-14-10(13)12-11-8(3)9-6-5-7(2)15-9/h5-6H,4H2,1-3H3,(H,12,13). The number of carbonyl (C=O) groups is 1. The van der Waals surface area contributed by atoms with Crippen LogP contribution in [-0.2, 0) is 4.74 Å². The first-order chi connectivity index (χ1) is 7.13. The molecule has 0 saturated heterocycles. The predicted molar refractivity (Wildman–Crippen MR) is 61.4 cm³/mol. The summed E-state index contributed by atoms with van der Waals surface area (Å²) in [5.41, 5.74) is 3.10. The fraction of sp³-hybridized carbons (Fsp3) is 0.400. The Hall–Kier alpha value is -1.36. The van der Waals surface area contributed by atoms with Gasteiger partial charge < -0.3 is 4.74 Å². The van der Waals surface area contributed by atoms with Crippen LogP contribution in [0.2, 0.25) is 0 Å². The molecule has 1 amide bonds. The molecule has 1 heterocycles. The Morgan fingerprint density at radius 1 is 1.60 bits per heavy atom. The monoisotopic (exact) mass is 226 g/mol. The molecule has 1 N–H and O–H groups in total. The summed E-state index contributed by atoms with van der Waals surface area (Å²) in [6.07, 6.45) is -0.523. The van der Waals surface area contributed by atoms with Crippen molar-refractivity contribution in [2.45, 2.75) is 20.8 Å². The quantitative estimate of drug-likeness (QED) is 0.636. The Bertz CT molecular complexity index is 371. The molecule has 82 valence electrons. The van der Waals surface area contributed by atoms with Gasteiger partial charge >= 0.3 is 6.09 Å². The molecule has 0 aromatic carbocycles. The molecule has 0 saturated carbocycles. The fourth-order valence-electron chi connectivity index (χ4n) is 0.977. The average molecular weight is 226 g/mol. The van der Waals surface area contributed by atoms with E-state index in [1.165, 1.54) is 4.88 Å². The third-order valence-electron chi connectivity index (χ3n) is 1.69. The van der Waals surface area contributed by atoms with Gasteiger partial charge in [0, 0.05) is 4.88 Å². The van der Waals surface area contributed by atoms with Crippen LogP contribution >= 0.6 is 11.3 Å². The third kappa shape index (κ3) is 3.71. The maximum absolute atomic E-state index is 10.9. The van der Waals surface area contributed by atoms with Crippen molar-refractivity contribution in [3.8, 4) is 0 Å². The number of hydrogen-bond donors (Lipinski definition) is 1. The van der Waals surface area contributed by atoms with E-state index in [-0.39, 0.29) is 0 Å². The lowest BCUT2D eigenvalue weighted by atomic mass is 10.3. The molecule has 0 aliphatic heterocycles. The Morgan fingerprint density at radius 3 is 2.87 bits per heavy atom. The number of ether oxygens (including phenoxy) is 1. The molecule has 0 aliphatic carbocycles. The highest BCUT2D eigenvalue weighted by Gasteiger charge is 2.02. The average Bonchev–Trinajstić information content (AvgIpc) is 2.62. The van der Waals surface area contributed by atoms with E-state index in [0.29, 0.717) is 6.61 Å². The van der Waals surface area contributed by atoms with Gasteiger partial charge in [-0.1, -0.05) is 0 Å². The van der Waals surface area contributed by atoms with Gasteiger partial charge in [-0.05, 0) is 32.9 Å². The van der Waals surface area contributed by atoms with Crippen molar-refractivity contribution in [2.75, 3.05) is 6.61 Å². The third-order valence-corrected chi connectivity index (χ3v) is 2.80. The van der Waals surface area contributed by atoms with E-state index < -0.39 is 6.09 Å². The van der Waals surface area contributed by atoms with Crippen LogP contribution in [0, 0.1) is 6.92 Å². The lowest BCUT2D eigenvalue weighted by molar-refractivity contribution is 0.152. The highest BCUT2D eigenvalue weighted by atomic mass is 32.1. The second-order valence-corrected chi connectivity index (χ2v) is 4.23. The molecule has 0 radical (unpaired) electrons. The first-order valence-electron chi connectivity index (χ1n) is 4.67. The minimum absolute atomic E-state index is 0.346. The van der Waals surface area contributed by atoms with Gasteiger partial charge in [-0.15, -0.1) is 11.3 Å². The molecule has 1 rings (SSSR count). The number of hydrogen-bond acceptors (Lipinski definition) is 4. The first-order valence-corrected chi connectivity index (χ1v) is 5.49. The van der Waals surface area contributed by atoms with Gasteiger partial charge in [0.2, 0.25) is 0 Å². The summed E-state index contributed by atoms with van der Waals surface area (Å²) in [4.78, 5) is 13.2. The van der Waals surface area contributed by atoms with Gasteiger partial charge in [-0.3, -0.25) is 0 Å². The lowest BCUT2D eigenvalue weighted by Crippen LogP contribution is -2.20. The number of aryl methyl sites for hydroxylation is 1. The van der Waals surface area contributed by atoms with Gasteiger partial charge in [-0.25, -0.2) is 10.2 Å². The van der Waals surface area contributed by atoms with Gasteiger partial charge in [0.1, 0.15) is 0 Å². The number of hydrazone groups is 1. The van der Waals surface area contributed by atoms with Crippen LogP contribution in [-0.4, -0.2) is 18.4 Å². The van der Waals surface area contributed by atoms with Crippen LogP contribution in [0.4, 0.5) is 4.79 Å². The van der Waals surface area contributed by atoms with E-state index >= 15 is 0 Å². The van der Waals surface area contributed by atoms with Gasteiger partial charge in [0.05, 0.1) is 17.2 Å². The highest BCUT2D eigenvalue weighted by Crippen LogP contribution is 2.15. The smallest absolute Gasteiger partial charge is 0.427 e. The number of nitrogens with zero attached hydrogens (tertiary/aromatic N) is 1. The molecule has 1 aromatic rings. The van der Waals surface area contributed by atoms with Crippen LogP contribution in [0.25, 0.3) is 0 Å². The zero-order chi connectivity index (χ0) is 11.3. The molecule has 5 heteroatoms. The number of thiophene rings is 1. The zero-order valence-corrected chi connectivity index (χ0v) is 9.85. The summed E-state index contributed by atoms with van der Waals surface area (Å²) in [6.45, 7) is 5.97. The topological polar surface area (TPSA) is 50.7 Å². The molecule has 0 fully saturated rings. The second kappa shape index (κ2) is 5.50. The van der Waals surface area contributed by atoms with E-state index in [1.54, 1.807) is 18.3 Å². The van der Waals surface area contributed by atoms with Crippen molar-refractivity contribution in [2.24, 2.45) is 5.10 Å². The number of carbonyl (C=O) groups excluding carboxylic acids is 1. The van der Waals surface area contributed by atoms with Gasteiger partial charge in [-0.2, -0.15) is 5.10 Å². The molecular weight excluding hydrogens is 212 g/mol. The van der Waals surface area contributed by atoms with Crippen LogP contribution in [0.1, 0.15) is 23.6 Å². The molecule has 0 spiro atoms. The lowest BCUT2D eigenvalue weighted by Gasteiger charge is -2.00. The summed E-state index contributed by atoms with van der Waals surface area (Å²) in [7, 11) is 0. The highest BCUT2D eigenvalue weighted by molar-refractivity contribution is 7.14. The molecule has 0 aliphatic rings. The van der Waals surface area contributed by atoms with Crippen molar-refractivity contribution in [1.82, 2.24) is 5.43 Å². The molecule has 1 aromatic heterocycles. The van der Waals surface area contributed by atoms with E-state index in [2.05, 4.69) is 15.3 Å². The summed E-state index contributed by atoms with van der Waals surface area (Å²) in [5, 5.41) is 3.93. The largest absolute Gasteiger partial charge is 0.449 e. The Kier molecular flexibility index (Phi) is 4.30. The van der Waals surface area contributed by atoms with Crippen LogP contribution in [0.3, 0.4) is 0 Å². The van der Waals surface area contributed by atoms with Crippen LogP contribution in [0.15, 0.2) is 17.2 Å².